The summed E-state index contributed by atoms with van der Waals surface area (Å²) in [6.07, 6.45) is 1.72. The highest BCUT2D eigenvalue weighted by molar-refractivity contribution is 7.71. The van der Waals surface area contributed by atoms with Crippen molar-refractivity contribution in [2.45, 2.75) is 6.92 Å². The molecule has 0 spiro atoms. The molecule has 0 saturated heterocycles. The van der Waals surface area contributed by atoms with Gasteiger partial charge < -0.3 is 0 Å². The molecule has 1 heterocycles. The Balaban J connectivity index is 1.97. The molecule has 3 rings (SSSR count). The van der Waals surface area contributed by atoms with Gasteiger partial charge in [-0.25, -0.2) is 5.10 Å². The van der Waals surface area contributed by atoms with Crippen LogP contribution in [0.2, 0.25) is 5.02 Å². The van der Waals surface area contributed by atoms with Crippen LogP contribution in [-0.2, 0) is 0 Å². The average Bonchev–Trinajstić information content (AvgIpc) is 2.89. The van der Waals surface area contributed by atoms with Gasteiger partial charge in [-0.2, -0.15) is 14.9 Å². The molecule has 0 amide bonds. The van der Waals surface area contributed by atoms with Crippen molar-refractivity contribution < 1.29 is 0 Å². The number of hydrogen-bond donors (Lipinski definition) is 1. The van der Waals surface area contributed by atoms with E-state index in [0.717, 1.165) is 11.1 Å². The first-order chi connectivity index (χ1) is 10.6. The Morgan fingerprint density at radius 1 is 1.14 bits per heavy atom. The Morgan fingerprint density at radius 2 is 1.82 bits per heavy atom. The van der Waals surface area contributed by atoms with E-state index in [0.29, 0.717) is 15.6 Å². The van der Waals surface area contributed by atoms with Crippen LogP contribution in [0.15, 0.2) is 53.6 Å². The molecule has 0 saturated carbocycles. The SMILES string of the molecule is Cc1ccc(-c2n[nH]c(=S)n2/N=C\c2ccc(Cl)cc2)cc1. The summed E-state index contributed by atoms with van der Waals surface area (Å²) in [5.41, 5.74) is 3.07. The molecule has 0 atom stereocenters. The highest BCUT2D eigenvalue weighted by Crippen LogP contribution is 2.18. The molecule has 0 aliphatic rings. The minimum atomic E-state index is 0.445. The smallest absolute Gasteiger partial charge is 0.216 e. The quantitative estimate of drug-likeness (QED) is 0.570. The maximum Gasteiger partial charge on any atom is 0.216 e. The summed E-state index contributed by atoms with van der Waals surface area (Å²) in [6.45, 7) is 2.04. The molecule has 0 radical (unpaired) electrons. The highest BCUT2D eigenvalue weighted by atomic mass is 35.5. The van der Waals surface area contributed by atoms with Crippen molar-refractivity contribution in [3.8, 4) is 11.4 Å². The molecule has 0 bridgehead atoms. The van der Waals surface area contributed by atoms with Crippen molar-refractivity contribution in [1.82, 2.24) is 14.9 Å². The zero-order chi connectivity index (χ0) is 15.5. The van der Waals surface area contributed by atoms with E-state index < -0.39 is 0 Å². The largest absolute Gasteiger partial charge is 0.250 e. The van der Waals surface area contributed by atoms with Crippen LogP contribution in [0.4, 0.5) is 0 Å². The van der Waals surface area contributed by atoms with Crippen molar-refractivity contribution in [2.24, 2.45) is 5.10 Å². The summed E-state index contributed by atoms with van der Waals surface area (Å²) in [7, 11) is 0. The van der Waals surface area contributed by atoms with Crippen LogP contribution in [0.5, 0.6) is 0 Å². The minimum absolute atomic E-state index is 0.445. The Morgan fingerprint density at radius 3 is 2.50 bits per heavy atom. The Labute approximate surface area is 138 Å². The van der Waals surface area contributed by atoms with Gasteiger partial charge in [-0.15, -0.1) is 0 Å². The molecule has 2 aromatic carbocycles. The van der Waals surface area contributed by atoms with Gasteiger partial charge >= 0.3 is 0 Å². The van der Waals surface area contributed by atoms with Gasteiger partial charge in [0.05, 0.1) is 6.21 Å². The summed E-state index contributed by atoms with van der Waals surface area (Å²) in [6, 6.07) is 15.5. The Kier molecular flexibility index (Phi) is 4.18. The van der Waals surface area contributed by atoms with E-state index in [-0.39, 0.29) is 0 Å². The van der Waals surface area contributed by atoms with Crippen LogP contribution in [0.25, 0.3) is 11.4 Å². The van der Waals surface area contributed by atoms with E-state index in [2.05, 4.69) is 15.3 Å². The number of halogens is 1. The summed E-state index contributed by atoms with van der Waals surface area (Å²) in [4.78, 5) is 0. The fourth-order valence-electron chi connectivity index (χ4n) is 1.96. The number of hydrogen-bond acceptors (Lipinski definition) is 3. The van der Waals surface area contributed by atoms with Crippen molar-refractivity contribution in [2.75, 3.05) is 0 Å². The van der Waals surface area contributed by atoms with Gasteiger partial charge in [0.2, 0.25) is 4.77 Å². The van der Waals surface area contributed by atoms with Crippen LogP contribution < -0.4 is 0 Å². The number of rotatable bonds is 3. The van der Waals surface area contributed by atoms with Crippen LogP contribution >= 0.6 is 23.8 Å². The van der Waals surface area contributed by atoms with Gasteiger partial charge in [0.15, 0.2) is 5.82 Å². The molecule has 0 unspecified atom stereocenters. The maximum absolute atomic E-state index is 5.87. The van der Waals surface area contributed by atoms with E-state index >= 15 is 0 Å². The molecular formula is C16H13ClN4S. The van der Waals surface area contributed by atoms with Crippen LogP contribution in [-0.4, -0.2) is 21.1 Å². The third kappa shape index (κ3) is 3.16. The van der Waals surface area contributed by atoms with Crippen molar-refractivity contribution in [1.29, 1.82) is 0 Å². The maximum atomic E-state index is 5.87. The molecule has 22 heavy (non-hydrogen) atoms. The molecule has 6 heteroatoms. The second kappa shape index (κ2) is 6.25. The van der Waals surface area contributed by atoms with E-state index in [4.69, 9.17) is 23.8 Å². The van der Waals surface area contributed by atoms with Gasteiger partial charge in [0.25, 0.3) is 0 Å². The van der Waals surface area contributed by atoms with Crippen molar-refractivity contribution >= 4 is 30.0 Å². The number of aromatic nitrogens is 3. The van der Waals surface area contributed by atoms with Crippen LogP contribution in [0.1, 0.15) is 11.1 Å². The molecule has 0 fully saturated rings. The first-order valence-electron chi connectivity index (χ1n) is 6.68. The second-order valence-corrected chi connectivity index (χ2v) is 5.65. The predicted molar refractivity (Wildman–Crippen MR) is 92.0 cm³/mol. The number of nitrogens with zero attached hydrogens (tertiary/aromatic N) is 3. The van der Waals surface area contributed by atoms with Crippen LogP contribution in [0, 0.1) is 11.7 Å². The van der Waals surface area contributed by atoms with Gasteiger partial charge in [0.1, 0.15) is 0 Å². The van der Waals surface area contributed by atoms with Crippen molar-refractivity contribution in [3.63, 3.8) is 0 Å². The molecule has 4 nitrogen and oxygen atoms in total. The lowest BCUT2D eigenvalue weighted by molar-refractivity contribution is 0.871. The monoisotopic (exact) mass is 328 g/mol. The molecule has 0 aliphatic heterocycles. The number of H-pyrrole nitrogens is 1. The van der Waals surface area contributed by atoms with Crippen LogP contribution in [0.3, 0.4) is 0 Å². The van der Waals surface area contributed by atoms with E-state index in [9.17, 15) is 0 Å². The molecule has 0 aliphatic carbocycles. The molecule has 3 aromatic rings. The summed E-state index contributed by atoms with van der Waals surface area (Å²) in [5.74, 6) is 0.676. The summed E-state index contributed by atoms with van der Waals surface area (Å²) in [5, 5.41) is 12.1. The lowest BCUT2D eigenvalue weighted by atomic mass is 10.1. The highest BCUT2D eigenvalue weighted by Gasteiger charge is 2.07. The molecule has 1 aromatic heterocycles. The number of nitrogens with one attached hydrogen (secondary N) is 1. The zero-order valence-electron chi connectivity index (χ0n) is 11.8. The lowest BCUT2D eigenvalue weighted by Crippen LogP contribution is -1.95. The second-order valence-electron chi connectivity index (χ2n) is 4.83. The van der Waals surface area contributed by atoms with E-state index in [1.165, 1.54) is 5.56 Å². The Hall–Kier alpha value is -2.24. The van der Waals surface area contributed by atoms with Gasteiger partial charge in [-0.05, 0) is 36.8 Å². The van der Waals surface area contributed by atoms with Gasteiger partial charge in [-0.1, -0.05) is 53.6 Å². The standard InChI is InChI=1S/C16H13ClN4S/c1-11-2-6-13(7-3-11)15-19-20-16(22)21(15)18-10-12-4-8-14(17)9-5-12/h2-10H,1H3,(H,20,22)/b18-10-. The first kappa shape index (κ1) is 14.7. The van der Waals surface area contributed by atoms with E-state index in [1.54, 1.807) is 10.9 Å². The topological polar surface area (TPSA) is 46.0 Å². The van der Waals surface area contributed by atoms with E-state index in [1.807, 2.05) is 55.5 Å². The normalized spacial score (nSPS) is 11.2. The number of aromatic amines is 1. The average molecular weight is 329 g/mol. The van der Waals surface area contributed by atoms with Gasteiger partial charge in [0, 0.05) is 10.6 Å². The summed E-state index contributed by atoms with van der Waals surface area (Å²) < 4.78 is 2.05. The number of benzene rings is 2. The summed E-state index contributed by atoms with van der Waals surface area (Å²) >= 11 is 11.1. The Bertz CT molecular complexity index is 860. The van der Waals surface area contributed by atoms with Gasteiger partial charge in [-0.3, -0.25) is 0 Å². The molecular weight excluding hydrogens is 316 g/mol. The lowest BCUT2D eigenvalue weighted by Gasteiger charge is -2.01. The fraction of sp³-hybridized carbons (Fsp3) is 0.0625. The zero-order valence-corrected chi connectivity index (χ0v) is 13.4. The predicted octanol–water partition coefficient (Wildman–Crippen LogP) is 4.45. The fourth-order valence-corrected chi connectivity index (χ4v) is 2.27. The first-order valence-corrected chi connectivity index (χ1v) is 7.46. The molecule has 1 N–H and O–H groups in total. The third-order valence-corrected chi connectivity index (χ3v) is 3.67. The molecule has 110 valence electrons. The van der Waals surface area contributed by atoms with Crippen molar-refractivity contribution in [3.05, 3.63) is 69.5 Å². The number of aryl methyl sites for hydroxylation is 1. The minimum Gasteiger partial charge on any atom is -0.250 e. The third-order valence-electron chi connectivity index (χ3n) is 3.15.